The SMILES string of the molecule is Cc1c(NS(=O)(=O)c2ccc(N)cc2)noc1CO. The van der Waals surface area contributed by atoms with Crippen LogP contribution in [0.15, 0.2) is 33.7 Å². The van der Waals surface area contributed by atoms with Crippen LogP contribution in [0, 0.1) is 6.92 Å². The van der Waals surface area contributed by atoms with Gasteiger partial charge in [-0.1, -0.05) is 5.16 Å². The number of aliphatic hydroxyl groups is 1. The molecule has 2 rings (SSSR count). The van der Waals surface area contributed by atoms with Crippen LogP contribution in [0.4, 0.5) is 11.5 Å². The number of benzene rings is 1. The zero-order chi connectivity index (χ0) is 14.0. The number of hydrogen-bond acceptors (Lipinski definition) is 6. The van der Waals surface area contributed by atoms with Gasteiger partial charge in [-0.3, -0.25) is 4.72 Å². The molecule has 19 heavy (non-hydrogen) atoms. The molecule has 1 aromatic carbocycles. The highest BCUT2D eigenvalue weighted by Crippen LogP contribution is 2.21. The van der Waals surface area contributed by atoms with Gasteiger partial charge in [0.2, 0.25) is 0 Å². The Hall–Kier alpha value is -2.06. The Morgan fingerprint density at radius 1 is 1.37 bits per heavy atom. The van der Waals surface area contributed by atoms with E-state index in [0.29, 0.717) is 11.3 Å². The van der Waals surface area contributed by atoms with Crippen LogP contribution in [-0.4, -0.2) is 18.7 Å². The molecule has 2 aromatic rings. The Labute approximate surface area is 110 Å². The van der Waals surface area contributed by atoms with Crippen LogP contribution in [0.2, 0.25) is 0 Å². The fraction of sp³-hybridized carbons (Fsp3) is 0.182. The van der Waals surface area contributed by atoms with Crippen LogP contribution in [-0.2, 0) is 16.6 Å². The Morgan fingerprint density at radius 2 is 2.00 bits per heavy atom. The van der Waals surface area contributed by atoms with E-state index in [9.17, 15) is 8.42 Å². The second-order valence-corrected chi connectivity index (χ2v) is 5.59. The van der Waals surface area contributed by atoms with E-state index in [4.69, 9.17) is 15.4 Å². The molecule has 0 unspecified atom stereocenters. The van der Waals surface area contributed by atoms with E-state index >= 15 is 0 Å². The van der Waals surface area contributed by atoms with Crippen LogP contribution in [0.1, 0.15) is 11.3 Å². The van der Waals surface area contributed by atoms with Gasteiger partial charge in [-0.2, -0.15) is 0 Å². The molecule has 0 saturated heterocycles. The van der Waals surface area contributed by atoms with E-state index in [1.165, 1.54) is 24.3 Å². The minimum Gasteiger partial charge on any atom is -0.399 e. The molecule has 0 aliphatic carbocycles. The number of anilines is 2. The Morgan fingerprint density at radius 3 is 2.53 bits per heavy atom. The van der Waals surface area contributed by atoms with Crippen molar-refractivity contribution in [2.75, 3.05) is 10.5 Å². The lowest BCUT2D eigenvalue weighted by molar-refractivity contribution is 0.228. The van der Waals surface area contributed by atoms with Gasteiger partial charge in [0, 0.05) is 11.3 Å². The Kier molecular flexibility index (Phi) is 3.45. The van der Waals surface area contributed by atoms with E-state index in [1.807, 2.05) is 0 Å². The first-order chi connectivity index (χ1) is 8.94. The van der Waals surface area contributed by atoms with E-state index in [-0.39, 0.29) is 23.1 Å². The van der Waals surface area contributed by atoms with Gasteiger partial charge in [0.15, 0.2) is 11.6 Å². The zero-order valence-electron chi connectivity index (χ0n) is 10.1. The summed E-state index contributed by atoms with van der Waals surface area (Å²) >= 11 is 0. The summed E-state index contributed by atoms with van der Waals surface area (Å²) in [5.74, 6) is 0.274. The lowest BCUT2D eigenvalue weighted by Crippen LogP contribution is -2.14. The number of aromatic nitrogens is 1. The first-order valence-corrected chi connectivity index (χ1v) is 6.86. The van der Waals surface area contributed by atoms with Gasteiger partial charge in [0.1, 0.15) is 6.61 Å². The molecule has 7 nitrogen and oxygen atoms in total. The molecule has 0 aliphatic rings. The summed E-state index contributed by atoms with van der Waals surface area (Å²) in [4.78, 5) is 0.0645. The van der Waals surface area contributed by atoms with Crippen molar-refractivity contribution in [1.29, 1.82) is 0 Å². The standard InChI is InChI=1S/C11H13N3O4S/c1-7-10(6-15)18-13-11(7)14-19(16,17)9-4-2-8(12)3-5-9/h2-5,15H,6,12H2,1H3,(H,13,14). The molecule has 0 atom stereocenters. The maximum atomic E-state index is 12.1. The predicted molar refractivity (Wildman–Crippen MR) is 68.8 cm³/mol. The van der Waals surface area contributed by atoms with Gasteiger partial charge in [-0.15, -0.1) is 0 Å². The average Bonchev–Trinajstić information content (AvgIpc) is 2.70. The molecule has 0 radical (unpaired) electrons. The first kappa shape index (κ1) is 13.4. The van der Waals surface area contributed by atoms with Crippen molar-refractivity contribution < 1.29 is 18.0 Å². The molecule has 0 bridgehead atoms. The smallest absolute Gasteiger partial charge is 0.263 e. The first-order valence-electron chi connectivity index (χ1n) is 5.38. The predicted octanol–water partition coefficient (Wildman–Crippen LogP) is 0.858. The van der Waals surface area contributed by atoms with Crippen LogP contribution in [0.3, 0.4) is 0 Å². The van der Waals surface area contributed by atoms with Crippen molar-refractivity contribution in [3.8, 4) is 0 Å². The maximum absolute atomic E-state index is 12.1. The highest BCUT2D eigenvalue weighted by atomic mass is 32.2. The molecule has 1 aromatic heterocycles. The van der Waals surface area contributed by atoms with Crippen LogP contribution >= 0.6 is 0 Å². The number of hydrogen-bond donors (Lipinski definition) is 3. The molecule has 102 valence electrons. The van der Waals surface area contributed by atoms with Crippen molar-refractivity contribution in [3.05, 3.63) is 35.6 Å². The maximum Gasteiger partial charge on any atom is 0.263 e. The van der Waals surface area contributed by atoms with Crippen LogP contribution in [0.25, 0.3) is 0 Å². The van der Waals surface area contributed by atoms with E-state index < -0.39 is 10.0 Å². The van der Waals surface area contributed by atoms with Crippen molar-refractivity contribution in [2.45, 2.75) is 18.4 Å². The average molecular weight is 283 g/mol. The third-order valence-corrected chi connectivity index (χ3v) is 3.94. The number of nitrogen functional groups attached to an aromatic ring is 1. The van der Waals surface area contributed by atoms with Gasteiger partial charge in [0.05, 0.1) is 4.90 Å². The Balaban J connectivity index is 2.31. The van der Waals surface area contributed by atoms with Crippen molar-refractivity contribution in [1.82, 2.24) is 5.16 Å². The monoisotopic (exact) mass is 283 g/mol. The summed E-state index contributed by atoms with van der Waals surface area (Å²) in [6.45, 7) is 1.26. The number of nitrogens with zero attached hydrogens (tertiary/aromatic N) is 1. The van der Waals surface area contributed by atoms with Gasteiger partial charge in [-0.25, -0.2) is 8.42 Å². The van der Waals surface area contributed by atoms with Gasteiger partial charge >= 0.3 is 0 Å². The number of rotatable bonds is 4. The van der Waals surface area contributed by atoms with Crippen LogP contribution < -0.4 is 10.5 Å². The number of nitrogens with one attached hydrogen (secondary N) is 1. The molecule has 8 heteroatoms. The molecule has 1 heterocycles. The number of nitrogens with two attached hydrogens (primary N) is 1. The van der Waals surface area contributed by atoms with E-state index in [0.717, 1.165) is 0 Å². The lowest BCUT2D eigenvalue weighted by Gasteiger charge is -2.06. The van der Waals surface area contributed by atoms with E-state index in [2.05, 4.69) is 9.88 Å². The number of sulfonamides is 1. The van der Waals surface area contributed by atoms with Gasteiger partial charge in [-0.05, 0) is 31.2 Å². The quantitative estimate of drug-likeness (QED) is 0.716. The lowest BCUT2D eigenvalue weighted by atomic mass is 10.3. The minimum absolute atomic E-state index is 0.0564. The zero-order valence-corrected chi connectivity index (χ0v) is 10.9. The topological polar surface area (TPSA) is 118 Å². The largest absolute Gasteiger partial charge is 0.399 e. The van der Waals surface area contributed by atoms with Crippen LogP contribution in [0.5, 0.6) is 0 Å². The van der Waals surface area contributed by atoms with Crippen molar-refractivity contribution in [3.63, 3.8) is 0 Å². The van der Waals surface area contributed by atoms with Gasteiger partial charge in [0.25, 0.3) is 10.0 Å². The second-order valence-electron chi connectivity index (χ2n) is 3.91. The summed E-state index contributed by atoms with van der Waals surface area (Å²) in [7, 11) is -3.76. The highest BCUT2D eigenvalue weighted by Gasteiger charge is 2.19. The molecular formula is C11H13N3O4S. The molecule has 0 fully saturated rings. The summed E-state index contributed by atoms with van der Waals surface area (Å²) in [6, 6.07) is 5.76. The summed E-state index contributed by atoms with van der Waals surface area (Å²) in [5, 5.41) is 12.5. The molecule has 0 spiro atoms. The fourth-order valence-electron chi connectivity index (χ4n) is 1.45. The van der Waals surface area contributed by atoms with Crippen molar-refractivity contribution in [2.24, 2.45) is 0 Å². The summed E-state index contributed by atoms with van der Waals surface area (Å²) < 4.78 is 31.2. The molecule has 0 aliphatic heterocycles. The molecular weight excluding hydrogens is 270 g/mol. The third kappa shape index (κ3) is 2.69. The normalized spacial score (nSPS) is 11.5. The second kappa shape index (κ2) is 4.90. The Bertz CT molecular complexity index is 676. The summed E-state index contributed by atoms with van der Waals surface area (Å²) in [6.07, 6.45) is 0. The fourth-order valence-corrected chi connectivity index (χ4v) is 2.50. The van der Waals surface area contributed by atoms with E-state index in [1.54, 1.807) is 6.92 Å². The highest BCUT2D eigenvalue weighted by molar-refractivity contribution is 7.92. The molecule has 4 N–H and O–H groups in total. The van der Waals surface area contributed by atoms with Crippen molar-refractivity contribution >= 4 is 21.5 Å². The molecule has 0 amide bonds. The molecule has 0 saturated carbocycles. The summed E-state index contributed by atoms with van der Waals surface area (Å²) in [5.41, 5.74) is 6.41. The minimum atomic E-state index is -3.76. The van der Waals surface area contributed by atoms with Gasteiger partial charge < -0.3 is 15.4 Å². The number of aliphatic hydroxyl groups excluding tert-OH is 1. The third-order valence-electron chi connectivity index (χ3n) is 2.59.